The fourth-order valence-corrected chi connectivity index (χ4v) is 1.13. The minimum Gasteiger partial charge on any atom is -0.277 e. The first-order chi connectivity index (χ1) is 5.86. The van der Waals surface area contributed by atoms with Crippen molar-refractivity contribution in [2.75, 3.05) is 5.43 Å². The first-order valence-corrected chi connectivity index (χ1v) is 4.13. The van der Waals surface area contributed by atoms with E-state index in [0.717, 1.165) is 11.5 Å². The molecular formula is C5H5ClN4OS. The summed E-state index contributed by atoms with van der Waals surface area (Å²) in [4.78, 5) is 13.8. The van der Waals surface area contributed by atoms with Crippen molar-refractivity contribution in [1.29, 1.82) is 0 Å². The summed E-state index contributed by atoms with van der Waals surface area (Å²) in [5.74, 6) is 0.505. The number of halogens is 1. The Hall–Kier alpha value is -1.14. The van der Waals surface area contributed by atoms with Crippen LogP contribution in [0.3, 0.4) is 0 Å². The number of hydrogen-bond acceptors (Lipinski definition) is 5. The Morgan fingerprint density at radius 3 is 3.08 bits per heavy atom. The predicted molar refractivity (Wildman–Crippen MR) is 47.6 cm³/mol. The van der Waals surface area contributed by atoms with Gasteiger partial charge in [-0.05, 0) is 6.08 Å². The van der Waals surface area contributed by atoms with Gasteiger partial charge in [0.15, 0.2) is 5.82 Å². The van der Waals surface area contributed by atoms with Crippen molar-refractivity contribution in [2.45, 2.75) is 0 Å². The SMILES string of the molecule is O=CNNc1nc(/C=C/Cl)ns1. The van der Waals surface area contributed by atoms with E-state index in [2.05, 4.69) is 20.2 Å². The van der Waals surface area contributed by atoms with Gasteiger partial charge in [0.1, 0.15) is 0 Å². The highest BCUT2D eigenvalue weighted by Crippen LogP contribution is 2.10. The molecule has 5 nitrogen and oxygen atoms in total. The maximum absolute atomic E-state index is 9.86. The first-order valence-electron chi connectivity index (χ1n) is 2.92. The number of aromatic nitrogens is 2. The Balaban J connectivity index is 2.57. The number of hydrazine groups is 1. The van der Waals surface area contributed by atoms with E-state index < -0.39 is 0 Å². The summed E-state index contributed by atoms with van der Waals surface area (Å²) in [6, 6.07) is 0. The van der Waals surface area contributed by atoms with Crippen LogP contribution in [0.25, 0.3) is 6.08 Å². The van der Waals surface area contributed by atoms with E-state index in [1.807, 2.05) is 0 Å². The number of hydrogen-bond donors (Lipinski definition) is 2. The first kappa shape index (κ1) is 8.95. The second-order valence-electron chi connectivity index (χ2n) is 1.64. The molecule has 0 spiro atoms. The van der Waals surface area contributed by atoms with Crippen molar-refractivity contribution in [2.24, 2.45) is 0 Å². The summed E-state index contributed by atoms with van der Waals surface area (Å²) in [5.41, 5.74) is 6.08. The van der Waals surface area contributed by atoms with Crippen LogP contribution in [-0.4, -0.2) is 15.8 Å². The predicted octanol–water partition coefficient (Wildman–Crippen LogP) is 0.821. The van der Waals surface area contributed by atoms with Crippen LogP contribution >= 0.6 is 23.1 Å². The van der Waals surface area contributed by atoms with Crippen LogP contribution in [0.4, 0.5) is 5.13 Å². The second-order valence-corrected chi connectivity index (χ2v) is 2.64. The summed E-state index contributed by atoms with van der Waals surface area (Å²) >= 11 is 6.43. The molecule has 7 heteroatoms. The maximum Gasteiger partial charge on any atom is 0.225 e. The minimum atomic E-state index is 0.505. The molecule has 0 saturated heterocycles. The summed E-state index contributed by atoms with van der Waals surface area (Å²) in [6.07, 6.45) is 2.06. The molecule has 1 rings (SSSR count). The third-order valence-electron chi connectivity index (χ3n) is 0.892. The van der Waals surface area contributed by atoms with Crippen molar-refractivity contribution in [3.63, 3.8) is 0 Å². The number of nitrogens with one attached hydrogen (secondary N) is 2. The van der Waals surface area contributed by atoms with E-state index in [-0.39, 0.29) is 0 Å². The van der Waals surface area contributed by atoms with Crippen LogP contribution < -0.4 is 10.9 Å². The average molecular weight is 205 g/mol. The number of nitrogens with zero attached hydrogens (tertiary/aromatic N) is 2. The number of carbonyl (C=O) groups is 1. The quantitative estimate of drug-likeness (QED) is 0.563. The molecule has 0 aliphatic rings. The molecule has 0 radical (unpaired) electrons. The summed E-state index contributed by atoms with van der Waals surface area (Å²) in [5, 5.41) is 0.506. The topological polar surface area (TPSA) is 66.9 Å². The van der Waals surface area contributed by atoms with Gasteiger partial charge in [-0.25, -0.2) is 0 Å². The molecule has 0 atom stereocenters. The van der Waals surface area contributed by atoms with Gasteiger partial charge < -0.3 is 0 Å². The third-order valence-corrected chi connectivity index (χ3v) is 1.66. The lowest BCUT2D eigenvalue weighted by atomic mass is 10.6. The van der Waals surface area contributed by atoms with Gasteiger partial charge >= 0.3 is 0 Å². The molecule has 0 aromatic carbocycles. The van der Waals surface area contributed by atoms with Crippen molar-refractivity contribution in [3.05, 3.63) is 11.4 Å². The highest BCUT2D eigenvalue weighted by molar-refractivity contribution is 7.09. The van der Waals surface area contributed by atoms with Crippen molar-refractivity contribution >= 4 is 40.8 Å². The lowest BCUT2D eigenvalue weighted by Crippen LogP contribution is -2.18. The molecule has 1 aromatic rings. The van der Waals surface area contributed by atoms with Crippen LogP contribution in [0, 0.1) is 0 Å². The molecule has 0 unspecified atom stereocenters. The van der Waals surface area contributed by atoms with Gasteiger partial charge in [0.25, 0.3) is 0 Å². The lowest BCUT2D eigenvalue weighted by molar-refractivity contribution is -0.109. The number of anilines is 1. The molecule has 0 aliphatic carbocycles. The van der Waals surface area contributed by atoms with Gasteiger partial charge in [0.05, 0.1) is 0 Å². The number of carbonyl (C=O) groups excluding carboxylic acids is 1. The zero-order chi connectivity index (χ0) is 8.81. The van der Waals surface area contributed by atoms with E-state index in [0.29, 0.717) is 17.4 Å². The van der Waals surface area contributed by atoms with Crippen molar-refractivity contribution in [1.82, 2.24) is 14.8 Å². The summed E-state index contributed by atoms with van der Waals surface area (Å²) < 4.78 is 3.90. The Morgan fingerprint density at radius 2 is 2.42 bits per heavy atom. The molecular weight excluding hydrogens is 200 g/mol. The van der Waals surface area contributed by atoms with Gasteiger partial charge in [0, 0.05) is 17.1 Å². The molecule has 0 fully saturated rings. The lowest BCUT2D eigenvalue weighted by Gasteiger charge is -1.93. The second kappa shape index (κ2) is 4.68. The van der Waals surface area contributed by atoms with Crippen molar-refractivity contribution in [3.8, 4) is 0 Å². The Kier molecular flexibility index (Phi) is 3.49. The van der Waals surface area contributed by atoms with E-state index in [4.69, 9.17) is 11.6 Å². The highest BCUT2D eigenvalue weighted by atomic mass is 35.5. The summed E-state index contributed by atoms with van der Waals surface area (Å²) in [6.45, 7) is 0. The van der Waals surface area contributed by atoms with E-state index in [1.165, 1.54) is 5.54 Å². The molecule has 0 aliphatic heterocycles. The zero-order valence-corrected chi connectivity index (χ0v) is 7.39. The van der Waals surface area contributed by atoms with Crippen LogP contribution in [-0.2, 0) is 4.79 Å². The molecule has 12 heavy (non-hydrogen) atoms. The Labute approximate surface area is 77.6 Å². The van der Waals surface area contributed by atoms with Gasteiger partial charge in [-0.3, -0.25) is 15.6 Å². The van der Waals surface area contributed by atoms with Gasteiger partial charge in [-0.15, -0.1) is 0 Å². The van der Waals surface area contributed by atoms with E-state index in [9.17, 15) is 4.79 Å². The largest absolute Gasteiger partial charge is 0.277 e. The van der Waals surface area contributed by atoms with Crippen LogP contribution in [0.1, 0.15) is 5.82 Å². The molecule has 0 bridgehead atoms. The monoisotopic (exact) mass is 204 g/mol. The number of rotatable bonds is 4. The van der Waals surface area contributed by atoms with Crippen LogP contribution in [0.15, 0.2) is 5.54 Å². The van der Waals surface area contributed by atoms with E-state index in [1.54, 1.807) is 6.08 Å². The molecule has 2 N–H and O–H groups in total. The van der Waals surface area contributed by atoms with Gasteiger partial charge in [-0.2, -0.15) is 9.36 Å². The van der Waals surface area contributed by atoms with Crippen molar-refractivity contribution < 1.29 is 4.79 Å². The molecule has 1 aromatic heterocycles. The highest BCUT2D eigenvalue weighted by Gasteiger charge is 1.98. The van der Waals surface area contributed by atoms with Gasteiger partial charge in [0.2, 0.25) is 11.5 Å². The van der Waals surface area contributed by atoms with Crippen LogP contribution in [0.5, 0.6) is 0 Å². The number of amides is 1. The molecule has 0 saturated carbocycles. The molecule has 1 amide bonds. The molecule has 1 heterocycles. The van der Waals surface area contributed by atoms with E-state index >= 15 is 0 Å². The Morgan fingerprint density at radius 1 is 1.58 bits per heavy atom. The fraction of sp³-hybridized carbons (Fsp3) is 0. The maximum atomic E-state index is 9.86. The normalized spacial score (nSPS) is 10.1. The van der Waals surface area contributed by atoms with Gasteiger partial charge in [-0.1, -0.05) is 11.6 Å². The fourth-order valence-electron chi connectivity index (χ4n) is 0.501. The zero-order valence-electron chi connectivity index (χ0n) is 5.82. The minimum absolute atomic E-state index is 0.505. The van der Waals surface area contributed by atoms with Crippen LogP contribution in [0.2, 0.25) is 0 Å². The smallest absolute Gasteiger partial charge is 0.225 e. The molecule has 64 valence electrons. The standard InChI is InChI=1S/C5H5ClN4OS/c6-2-1-4-8-5(12-10-4)9-7-3-11/h1-3H,(H,7,11)(H,8,9,10)/b2-1+. The summed E-state index contributed by atoms with van der Waals surface area (Å²) in [7, 11) is 0. The Bertz CT molecular complexity index is 287. The average Bonchev–Trinajstić information content (AvgIpc) is 2.50. The third kappa shape index (κ3) is 2.48.